The highest BCUT2D eigenvalue weighted by molar-refractivity contribution is 7.25. The molecule has 0 aliphatic carbocycles. The molecule has 11 rings (SSSR count). The maximum atomic E-state index is 2.39. The topological polar surface area (TPSA) is 3.24 Å². The van der Waals surface area contributed by atoms with Crippen LogP contribution in [0.15, 0.2) is 212 Å². The Bertz CT molecular complexity index is 3240. The molecule has 0 saturated heterocycles. The molecular weight excluding hydrogens is 695 g/mol. The van der Waals surface area contributed by atoms with E-state index in [-0.39, 0.29) is 0 Å². The van der Waals surface area contributed by atoms with Crippen LogP contribution in [-0.4, -0.2) is 0 Å². The van der Waals surface area contributed by atoms with Crippen molar-refractivity contribution in [1.29, 1.82) is 0 Å². The molecule has 10 aromatic carbocycles. The number of hydrogen-bond acceptors (Lipinski definition) is 2. The third-order valence-electron chi connectivity index (χ3n) is 11.2. The zero-order valence-corrected chi connectivity index (χ0v) is 31.4. The van der Waals surface area contributed by atoms with Gasteiger partial charge < -0.3 is 4.90 Å². The van der Waals surface area contributed by atoms with E-state index >= 15 is 0 Å². The van der Waals surface area contributed by atoms with E-state index in [0.29, 0.717) is 0 Å². The second-order valence-electron chi connectivity index (χ2n) is 14.5. The molecule has 56 heavy (non-hydrogen) atoms. The first-order valence-corrected chi connectivity index (χ1v) is 20.0. The van der Waals surface area contributed by atoms with E-state index in [2.05, 4.69) is 217 Å². The molecule has 1 nitrogen and oxygen atoms in total. The fourth-order valence-corrected chi connectivity index (χ4v) is 9.62. The number of fused-ring (bicyclic) bond motifs is 7. The fourth-order valence-electron chi connectivity index (χ4n) is 8.53. The van der Waals surface area contributed by atoms with Crippen molar-refractivity contribution < 1.29 is 0 Å². The molecule has 0 fully saturated rings. The van der Waals surface area contributed by atoms with E-state index in [4.69, 9.17) is 0 Å². The van der Waals surface area contributed by atoms with Crippen molar-refractivity contribution in [2.24, 2.45) is 0 Å². The molecule has 0 bridgehead atoms. The Labute approximate surface area is 330 Å². The van der Waals surface area contributed by atoms with Gasteiger partial charge in [0.15, 0.2) is 0 Å². The minimum atomic E-state index is 1.11. The van der Waals surface area contributed by atoms with E-state index in [9.17, 15) is 0 Å². The van der Waals surface area contributed by atoms with Gasteiger partial charge in [0.05, 0.1) is 0 Å². The summed E-state index contributed by atoms with van der Waals surface area (Å²) in [7, 11) is 0. The number of thiophene rings is 1. The Morgan fingerprint density at radius 1 is 0.268 bits per heavy atom. The number of benzene rings is 10. The van der Waals surface area contributed by atoms with Gasteiger partial charge in [-0.1, -0.05) is 152 Å². The highest BCUT2D eigenvalue weighted by Crippen LogP contribution is 2.42. The summed E-state index contributed by atoms with van der Waals surface area (Å²) in [6.07, 6.45) is 0. The Kier molecular flexibility index (Phi) is 7.75. The Balaban J connectivity index is 1.04. The maximum absolute atomic E-state index is 2.39. The van der Waals surface area contributed by atoms with Crippen molar-refractivity contribution in [1.82, 2.24) is 0 Å². The minimum absolute atomic E-state index is 1.11. The van der Waals surface area contributed by atoms with Gasteiger partial charge in [0.2, 0.25) is 0 Å². The summed E-state index contributed by atoms with van der Waals surface area (Å²) in [6, 6.07) is 77.8. The van der Waals surface area contributed by atoms with E-state index in [0.717, 1.165) is 17.1 Å². The molecule has 0 N–H and O–H groups in total. The summed E-state index contributed by atoms with van der Waals surface area (Å²) < 4.78 is 2.65. The van der Waals surface area contributed by atoms with E-state index in [1.54, 1.807) is 0 Å². The third-order valence-corrected chi connectivity index (χ3v) is 12.4. The second-order valence-corrected chi connectivity index (χ2v) is 15.6. The van der Waals surface area contributed by atoms with Gasteiger partial charge in [0.25, 0.3) is 0 Å². The number of hydrogen-bond donors (Lipinski definition) is 0. The normalized spacial score (nSPS) is 11.6. The maximum Gasteiger partial charge on any atom is 0.0467 e. The van der Waals surface area contributed by atoms with Crippen LogP contribution in [0.2, 0.25) is 0 Å². The van der Waals surface area contributed by atoms with Crippen molar-refractivity contribution in [2.45, 2.75) is 0 Å². The van der Waals surface area contributed by atoms with Crippen molar-refractivity contribution in [3.8, 4) is 33.4 Å². The first-order chi connectivity index (χ1) is 27.7. The largest absolute Gasteiger partial charge is 0.310 e. The highest BCUT2D eigenvalue weighted by Gasteiger charge is 2.17. The molecule has 0 radical (unpaired) electrons. The molecule has 0 aliphatic rings. The Hall–Kier alpha value is -7.00. The zero-order valence-electron chi connectivity index (χ0n) is 30.6. The van der Waals surface area contributed by atoms with Crippen molar-refractivity contribution >= 4 is 80.9 Å². The van der Waals surface area contributed by atoms with Gasteiger partial charge in [0, 0.05) is 37.2 Å². The molecule has 262 valence electrons. The average molecular weight is 730 g/mol. The SMILES string of the molecule is c1cc(-c2cc3ccccc3c3ccccc23)cc(N(c2ccc(-c3ccc4sc5ccccc5c4c3)cc2)c2ccc(-c3cccc4ccccc34)cc2)c1. The summed E-state index contributed by atoms with van der Waals surface area (Å²) >= 11 is 1.86. The number of rotatable bonds is 6. The van der Waals surface area contributed by atoms with Crippen LogP contribution in [0.3, 0.4) is 0 Å². The molecule has 0 atom stereocenters. The monoisotopic (exact) mass is 729 g/mol. The van der Waals surface area contributed by atoms with Crippen LogP contribution in [0.5, 0.6) is 0 Å². The number of nitrogens with zero attached hydrogens (tertiary/aromatic N) is 1. The fraction of sp³-hybridized carbons (Fsp3) is 0. The van der Waals surface area contributed by atoms with Crippen LogP contribution >= 0.6 is 11.3 Å². The quantitative estimate of drug-likeness (QED) is 0.154. The van der Waals surface area contributed by atoms with Crippen LogP contribution in [0.25, 0.3) is 85.9 Å². The lowest BCUT2D eigenvalue weighted by atomic mass is 9.93. The standard InChI is InChI=1S/C54H35NS/c1-3-16-45-37(11-1)13-10-21-46(45)38-25-30-43(31-26-38)55(42-28-23-36(24-29-42)39-27-32-54-52(34-39)50-20-7-8-22-53(50)56-54)44-15-9-14-40(33-44)51-35-41-12-2-4-17-47(41)48-18-5-6-19-49(48)51/h1-35H. The van der Waals surface area contributed by atoms with Gasteiger partial charge in [-0.2, -0.15) is 0 Å². The lowest BCUT2D eigenvalue weighted by Gasteiger charge is -2.26. The van der Waals surface area contributed by atoms with Gasteiger partial charge in [-0.05, 0) is 126 Å². The Morgan fingerprint density at radius 3 is 1.66 bits per heavy atom. The first kappa shape index (κ1) is 32.4. The van der Waals surface area contributed by atoms with Gasteiger partial charge in [0.1, 0.15) is 0 Å². The van der Waals surface area contributed by atoms with Crippen molar-refractivity contribution in [3.05, 3.63) is 212 Å². The van der Waals surface area contributed by atoms with E-state index < -0.39 is 0 Å². The van der Waals surface area contributed by atoms with Crippen molar-refractivity contribution in [3.63, 3.8) is 0 Å². The molecule has 0 unspecified atom stereocenters. The molecule has 1 aromatic heterocycles. The van der Waals surface area contributed by atoms with Gasteiger partial charge in [-0.3, -0.25) is 0 Å². The van der Waals surface area contributed by atoms with Crippen LogP contribution < -0.4 is 4.90 Å². The summed E-state index contributed by atoms with van der Waals surface area (Å²) in [6.45, 7) is 0. The molecule has 2 heteroatoms. The van der Waals surface area contributed by atoms with E-state index in [1.807, 2.05) is 11.3 Å². The smallest absolute Gasteiger partial charge is 0.0467 e. The van der Waals surface area contributed by atoms with Gasteiger partial charge >= 0.3 is 0 Å². The summed E-state index contributed by atoms with van der Waals surface area (Å²) in [5.41, 5.74) is 10.6. The molecule has 1 heterocycles. The summed E-state index contributed by atoms with van der Waals surface area (Å²) in [5.74, 6) is 0. The predicted octanol–water partition coefficient (Wildman–Crippen LogP) is 16.0. The zero-order chi connectivity index (χ0) is 37.0. The molecular formula is C54H35NS. The second kappa shape index (κ2) is 13.4. The van der Waals surface area contributed by atoms with Gasteiger partial charge in [-0.25, -0.2) is 0 Å². The lowest BCUT2D eigenvalue weighted by molar-refractivity contribution is 1.28. The summed E-state index contributed by atoms with van der Waals surface area (Å²) in [4.78, 5) is 2.39. The van der Waals surface area contributed by atoms with E-state index in [1.165, 1.54) is 85.9 Å². The summed E-state index contributed by atoms with van der Waals surface area (Å²) in [5, 5.41) is 10.2. The minimum Gasteiger partial charge on any atom is -0.310 e. The van der Waals surface area contributed by atoms with Crippen LogP contribution in [0.1, 0.15) is 0 Å². The van der Waals surface area contributed by atoms with Crippen LogP contribution in [-0.2, 0) is 0 Å². The average Bonchev–Trinajstić information content (AvgIpc) is 3.65. The lowest BCUT2D eigenvalue weighted by Crippen LogP contribution is -2.10. The molecule has 0 spiro atoms. The molecule has 0 aliphatic heterocycles. The predicted molar refractivity (Wildman–Crippen MR) is 243 cm³/mol. The third kappa shape index (κ3) is 5.54. The molecule has 0 saturated carbocycles. The molecule has 0 amide bonds. The van der Waals surface area contributed by atoms with Crippen LogP contribution in [0, 0.1) is 0 Å². The first-order valence-electron chi connectivity index (χ1n) is 19.2. The van der Waals surface area contributed by atoms with Crippen LogP contribution in [0.4, 0.5) is 17.1 Å². The molecule has 11 aromatic rings. The Morgan fingerprint density at radius 2 is 0.857 bits per heavy atom. The highest BCUT2D eigenvalue weighted by atomic mass is 32.1. The van der Waals surface area contributed by atoms with Crippen molar-refractivity contribution in [2.75, 3.05) is 4.90 Å². The number of anilines is 3. The van der Waals surface area contributed by atoms with Gasteiger partial charge in [-0.15, -0.1) is 11.3 Å².